The van der Waals surface area contributed by atoms with E-state index >= 15 is 0 Å². The van der Waals surface area contributed by atoms with E-state index in [2.05, 4.69) is 17.4 Å². The fraction of sp³-hybridized carbons (Fsp3) is 0.450. The molecule has 0 fully saturated rings. The van der Waals surface area contributed by atoms with Crippen LogP contribution in [-0.4, -0.2) is 30.3 Å². The van der Waals surface area contributed by atoms with E-state index in [0.717, 1.165) is 18.4 Å². The van der Waals surface area contributed by atoms with Gasteiger partial charge < -0.3 is 16.0 Å². The molecule has 1 aromatic rings. The average Bonchev–Trinajstić information content (AvgIpc) is 2.67. The minimum absolute atomic E-state index is 0.0982. The van der Waals surface area contributed by atoms with E-state index in [9.17, 15) is 14.9 Å². The molecular formula is C20H26N4O2. The van der Waals surface area contributed by atoms with E-state index in [1.54, 1.807) is 0 Å². The van der Waals surface area contributed by atoms with Crippen LogP contribution in [0.1, 0.15) is 48.9 Å². The maximum atomic E-state index is 12.4. The first-order valence-corrected chi connectivity index (χ1v) is 9.04. The third-order valence-electron chi connectivity index (χ3n) is 4.64. The number of carbonyl (C=O) groups is 2. The van der Waals surface area contributed by atoms with Gasteiger partial charge in [-0.2, -0.15) is 5.26 Å². The zero-order valence-corrected chi connectivity index (χ0v) is 15.2. The Morgan fingerprint density at radius 2 is 2.12 bits per heavy atom. The molecule has 26 heavy (non-hydrogen) atoms. The topological polar surface area (TPSA) is 99.2 Å². The zero-order valence-electron chi connectivity index (χ0n) is 15.2. The van der Waals surface area contributed by atoms with Crippen LogP contribution in [0.2, 0.25) is 0 Å². The number of nitrogens with two attached hydrogens (primary N) is 1. The number of carbonyl (C=O) groups excluding carboxylic acids is 2. The van der Waals surface area contributed by atoms with Crippen LogP contribution >= 0.6 is 0 Å². The van der Waals surface area contributed by atoms with E-state index in [1.165, 1.54) is 35.1 Å². The highest BCUT2D eigenvalue weighted by atomic mass is 16.2. The van der Waals surface area contributed by atoms with Crippen molar-refractivity contribution in [1.82, 2.24) is 10.2 Å². The molecule has 0 aliphatic heterocycles. The molecule has 1 aliphatic rings. The highest BCUT2D eigenvalue weighted by Crippen LogP contribution is 2.24. The number of hydrogen-bond acceptors (Lipinski definition) is 4. The molecule has 0 saturated heterocycles. The Bertz CT molecular complexity index is 721. The van der Waals surface area contributed by atoms with Gasteiger partial charge in [0, 0.05) is 12.7 Å². The van der Waals surface area contributed by atoms with Crippen molar-refractivity contribution in [2.45, 2.75) is 45.1 Å². The molecule has 0 heterocycles. The summed E-state index contributed by atoms with van der Waals surface area (Å²) in [6, 6.07) is 7.96. The Balaban J connectivity index is 2.06. The fourth-order valence-corrected chi connectivity index (χ4v) is 3.11. The van der Waals surface area contributed by atoms with E-state index < -0.39 is 5.91 Å². The first-order chi connectivity index (χ1) is 12.6. The number of nitriles is 1. The smallest absolute Gasteiger partial charge is 0.263 e. The van der Waals surface area contributed by atoms with Gasteiger partial charge in [0.1, 0.15) is 11.6 Å². The molecule has 0 radical (unpaired) electrons. The van der Waals surface area contributed by atoms with Crippen LogP contribution in [0.15, 0.2) is 30.0 Å². The third kappa shape index (κ3) is 5.17. The van der Waals surface area contributed by atoms with Crippen LogP contribution < -0.4 is 11.1 Å². The first-order valence-electron chi connectivity index (χ1n) is 9.04. The summed E-state index contributed by atoms with van der Waals surface area (Å²) in [6.45, 7) is 2.70. The lowest BCUT2D eigenvalue weighted by atomic mass is 9.89. The van der Waals surface area contributed by atoms with Crippen molar-refractivity contribution in [2.75, 3.05) is 13.1 Å². The van der Waals surface area contributed by atoms with Crippen molar-refractivity contribution in [3.05, 3.63) is 46.7 Å². The van der Waals surface area contributed by atoms with Crippen molar-refractivity contribution in [3.8, 4) is 6.07 Å². The lowest BCUT2D eigenvalue weighted by Gasteiger charge is -2.20. The number of fused-ring (bicyclic) bond motifs is 1. The number of rotatable bonds is 8. The van der Waals surface area contributed by atoms with Crippen molar-refractivity contribution in [3.63, 3.8) is 0 Å². The van der Waals surface area contributed by atoms with Gasteiger partial charge in [-0.05, 0) is 62.3 Å². The largest absolute Gasteiger partial charge is 0.345 e. The molecule has 1 unspecified atom stereocenters. The van der Waals surface area contributed by atoms with Crippen LogP contribution in [-0.2, 0) is 22.4 Å². The molecule has 0 bridgehead atoms. The quantitative estimate of drug-likeness (QED) is 0.423. The summed E-state index contributed by atoms with van der Waals surface area (Å²) < 4.78 is 0. The summed E-state index contributed by atoms with van der Waals surface area (Å²) in [6.07, 6.45) is 7.08. The summed E-state index contributed by atoms with van der Waals surface area (Å²) >= 11 is 0. The summed E-state index contributed by atoms with van der Waals surface area (Å²) in [5, 5.41) is 12.1. The van der Waals surface area contributed by atoms with Crippen molar-refractivity contribution in [1.29, 1.82) is 5.26 Å². The second-order valence-electron chi connectivity index (χ2n) is 6.57. The maximum Gasteiger partial charge on any atom is 0.263 e. The van der Waals surface area contributed by atoms with Crippen molar-refractivity contribution in [2.24, 2.45) is 5.73 Å². The van der Waals surface area contributed by atoms with Crippen LogP contribution in [0.5, 0.6) is 0 Å². The number of aryl methyl sites for hydroxylation is 2. The molecule has 1 aromatic carbocycles. The molecule has 0 aromatic heterocycles. The summed E-state index contributed by atoms with van der Waals surface area (Å²) in [5.41, 5.74) is 9.08. The van der Waals surface area contributed by atoms with E-state index in [4.69, 9.17) is 5.73 Å². The second kappa shape index (κ2) is 9.73. The van der Waals surface area contributed by atoms with Gasteiger partial charge in [-0.15, -0.1) is 0 Å². The molecule has 6 nitrogen and oxygen atoms in total. The number of nitrogens with one attached hydrogen (secondary N) is 1. The van der Waals surface area contributed by atoms with Gasteiger partial charge in [0.15, 0.2) is 0 Å². The second-order valence-corrected chi connectivity index (χ2v) is 6.57. The molecule has 0 saturated carbocycles. The summed E-state index contributed by atoms with van der Waals surface area (Å²) in [4.78, 5) is 24.7. The van der Waals surface area contributed by atoms with Crippen LogP contribution in [0, 0.1) is 11.3 Å². The fourth-order valence-electron chi connectivity index (χ4n) is 3.11. The van der Waals surface area contributed by atoms with E-state index in [-0.39, 0.29) is 11.6 Å². The van der Waals surface area contributed by atoms with Crippen LogP contribution in [0.25, 0.3) is 0 Å². The lowest BCUT2D eigenvalue weighted by Crippen LogP contribution is -2.29. The van der Waals surface area contributed by atoms with Gasteiger partial charge in [-0.3, -0.25) is 9.59 Å². The van der Waals surface area contributed by atoms with Gasteiger partial charge in [-0.25, -0.2) is 0 Å². The predicted octanol–water partition coefficient (Wildman–Crippen LogP) is 1.96. The molecule has 0 spiro atoms. The molecule has 2 rings (SSSR count). The SMILES string of the molecule is CC(NC(=O)/C(C#N)=C\N(C=O)CCCN)c1ccc2c(c1)CCCC2. The Morgan fingerprint density at radius 1 is 1.38 bits per heavy atom. The average molecular weight is 354 g/mol. The van der Waals surface area contributed by atoms with E-state index in [1.807, 2.05) is 19.1 Å². The van der Waals surface area contributed by atoms with Crippen LogP contribution in [0.4, 0.5) is 0 Å². The molecule has 1 atom stereocenters. The van der Waals surface area contributed by atoms with Gasteiger partial charge in [0.25, 0.3) is 5.91 Å². The first kappa shape index (κ1) is 19.7. The monoisotopic (exact) mass is 354 g/mol. The van der Waals surface area contributed by atoms with Gasteiger partial charge >= 0.3 is 0 Å². The standard InChI is InChI=1S/C20H26N4O2/c1-15(17-8-7-16-5-2-3-6-18(16)11-17)23-20(26)19(12-22)13-24(14-25)10-4-9-21/h7-8,11,13-15H,2-6,9-10,21H2,1H3,(H,23,26)/b19-13-. The Kier molecular flexibility index (Phi) is 7.37. The normalized spacial score (nSPS) is 14.7. The Labute approximate surface area is 154 Å². The third-order valence-corrected chi connectivity index (χ3v) is 4.64. The molecule has 1 aliphatic carbocycles. The van der Waals surface area contributed by atoms with E-state index in [0.29, 0.717) is 25.9 Å². The Hall–Kier alpha value is -2.65. The summed E-state index contributed by atoms with van der Waals surface area (Å²) in [5.74, 6) is -0.489. The van der Waals surface area contributed by atoms with Crippen molar-refractivity contribution >= 4 is 12.3 Å². The number of nitrogens with zero attached hydrogens (tertiary/aromatic N) is 2. The van der Waals surface area contributed by atoms with Gasteiger partial charge in [0.05, 0.1) is 6.04 Å². The molecule has 138 valence electrons. The Morgan fingerprint density at radius 3 is 2.77 bits per heavy atom. The van der Waals surface area contributed by atoms with Crippen LogP contribution in [0.3, 0.4) is 0 Å². The molecule has 3 N–H and O–H groups in total. The number of amides is 2. The number of hydrogen-bond donors (Lipinski definition) is 2. The van der Waals surface area contributed by atoms with Crippen molar-refractivity contribution < 1.29 is 9.59 Å². The highest BCUT2D eigenvalue weighted by Gasteiger charge is 2.17. The van der Waals surface area contributed by atoms with Gasteiger partial charge in [-0.1, -0.05) is 18.2 Å². The van der Waals surface area contributed by atoms with Gasteiger partial charge in [0.2, 0.25) is 6.41 Å². The zero-order chi connectivity index (χ0) is 18.9. The number of benzene rings is 1. The maximum absolute atomic E-state index is 12.4. The lowest BCUT2D eigenvalue weighted by molar-refractivity contribution is -0.117. The molecular weight excluding hydrogens is 328 g/mol. The highest BCUT2D eigenvalue weighted by molar-refractivity contribution is 5.97. The molecule has 2 amide bonds. The summed E-state index contributed by atoms with van der Waals surface area (Å²) in [7, 11) is 0. The predicted molar refractivity (Wildman–Crippen MR) is 99.8 cm³/mol. The molecule has 6 heteroatoms. The minimum atomic E-state index is -0.489. The minimum Gasteiger partial charge on any atom is -0.345 e.